The molecule has 1 aliphatic rings. The second-order valence-corrected chi connectivity index (χ2v) is 8.47. The molecule has 0 spiro atoms. The van der Waals surface area contributed by atoms with Crippen LogP contribution >= 0.6 is 23.2 Å². The number of benzene rings is 2. The molecule has 0 atom stereocenters. The zero-order valence-electron chi connectivity index (χ0n) is 18.1. The number of hydrogen-bond donors (Lipinski definition) is 0. The Kier molecular flexibility index (Phi) is 7.53. The van der Waals surface area contributed by atoms with Gasteiger partial charge in [-0.25, -0.2) is 9.78 Å². The molecule has 0 radical (unpaired) electrons. The van der Waals surface area contributed by atoms with E-state index in [1.165, 1.54) is 0 Å². The van der Waals surface area contributed by atoms with Gasteiger partial charge >= 0.3 is 5.97 Å². The highest BCUT2D eigenvalue weighted by Crippen LogP contribution is 2.35. The smallest absolute Gasteiger partial charge is 0.343 e. The minimum atomic E-state index is -0.484. The van der Waals surface area contributed by atoms with Gasteiger partial charge in [-0.15, -0.1) is 0 Å². The molecule has 170 valence electrons. The van der Waals surface area contributed by atoms with Gasteiger partial charge in [0.1, 0.15) is 16.1 Å². The van der Waals surface area contributed by atoms with Crippen LogP contribution in [-0.4, -0.2) is 24.2 Å². The number of esters is 1. The van der Waals surface area contributed by atoms with Crippen molar-refractivity contribution < 1.29 is 19.0 Å². The molecule has 4 rings (SSSR count). The zero-order chi connectivity index (χ0) is 23.2. The number of hydrogen-bond acceptors (Lipinski definition) is 5. The highest BCUT2D eigenvalue weighted by atomic mass is 35.5. The van der Waals surface area contributed by atoms with Crippen molar-refractivity contribution in [1.82, 2.24) is 4.98 Å². The van der Waals surface area contributed by atoms with Crippen LogP contribution in [0.3, 0.4) is 0 Å². The van der Waals surface area contributed by atoms with Gasteiger partial charge in [0.2, 0.25) is 0 Å². The predicted octanol–water partition coefficient (Wildman–Crippen LogP) is 7.07. The van der Waals surface area contributed by atoms with Gasteiger partial charge in [0.05, 0.1) is 18.8 Å². The second-order valence-electron chi connectivity index (χ2n) is 7.70. The summed E-state index contributed by atoms with van der Waals surface area (Å²) in [5, 5.41) is 0.477. The van der Waals surface area contributed by atoms with Crippen LogP contribution in [0.15, 0.2) is 60.7 Å². The number of pyridine rings is 1. The Morgan fingerprint density at radius 1 is 0.939 bits per heavy atom. The highest BCUT2D eigenvalue weighted by Gasteiger charge is 2.20. The van der Waals surface area contributed by atoms with E-state index >= 15 is 0 Å². The first-order valence-electron chi connectivity index (χ1n) is 10.7. The van der Waals surface area contributed by atoms with Crippen LogP contribution in [0.5, 0.6) is 11.5 Å². The maximum atomic E-state index is 12.9. The molecule has 3 aromatic rings. The van der Waals surface area contributed by atoms with E-state index in [0.29, 0.717) is 33.9 Å². The van der Waals surface area contributed by atoms with Crippen LogP contribution < -0.4 is 9.47 Å². The topological polar surface area (TPSA) is 57.7 Å². The average molecular weight is 484 g/mol. The summed E-state index contributed by atoms with van der Waals surface area (Å²) in [4.78, 5) is 16.8. The molecule has 0 bridgehead atoms. The van der Waals surface area contributed by atoms with Crippen molar-refractivity contribution in [1.29, 1.82) is 0 Å². The van der Waals surface area contributed by atoms with Crippen molar-refractivity contribution in [2.24, 2.45) is 0 Å². The summed E-state index contributed by atoms with van der Waals surface area (Å²) in [6.45, 7) is 0. The van der Waals surface area contributed by atoms with Crippen LogP contribution in [0.4, 0.5) is 0 Å². The molecule has 1 saturated carbocycles. The van der Waals surface area contributed by atoms with E-state index in [1.54, 1.807) is 55.7 Å². The fourth-order valence-electron chi connectivity index (χ4n) is 3.73. The van der Waals surface area contributed by atoms with Crippen LogP contribution in [0, 0.1) is 0 Å². The number of nitrogens with zero attached hydrogens (tertiary/aromatic N) is 1. The molecule has 5 nitrogen and oxygen atoms in total. The molecule has 1 aromatic heterocycles. The van der Waals surface area contributed by atoms with E-state index in [9.17, 15) is 4.79 Å². The maximum absolute atomic E-state index is 12.9. The Labute approximate surface area is 202 Å². The van der Waals surface area contributed by atoms with Gasteiger partial charge < -0.3 is 14.2 Å². The summed E-state index contributed by atoms with van der Waals surface area (Å²) in [6.07, 6.45) is 6.15. The third kappa shape index (κ3) is 6.06. The number of ether oxygens (including phenoxy) is 3. The molecular formula is C26H23Cl2NO4. The summed E-state index contributed by atoms with van der Waals surface area (Å²) in [7, 11) is 1.60. The lowest BCUT2D eigenvalue weighted by Crippen LogP contribution is -2.12. The van der Waals surface area contributed by atoms with Crippen molar-refractivity contribution in [3.8, 4) is 11.5 Å². The molecule has 0 N–H and O–H groups in total. The molecule has 1 fully saturated rings. The van der Waals surface area contributed by atoms with Gasteiger partial charge in [0, 0.05) is 5.56 Å². The predicted molar refractivity (Wildman–Crippen MR) is 130 cm³/mol. The zero-order valence-corrected chi connectivity index (χ0v) is 19.6. The molecule has 0 amide bonds. The summed E-state index contributed by atoms with van der Waals surface area (Å²) in [5.74, 6) is 1.06. The van der Waals surface area contributed by atoms with Crippen LogP contribution in [0.25, 0.3) is 11.8 Å². The molecule has 1 heterocycles. The van der Waals surface area contributed by atoms with Gasteiger partial charge in [-0.2, -0.15) is 0 Å². The number of aromatic nitrogens is 1. The van der Waals surface area contributed by atoms with E-state index in [4.69, 9.17) is 37.4 Å². The Morgan fingerprint density at radius 2 is 1.64 bits per heavy atom. The highest BCUT2D eigenvalue weighted by molar-refractivity contribution is 6.32. The summed E-state index contributed by atoms with van der Waals surface area (Å²) in [6, 6.07) is 17.5. The number of halogens is 2. The Bertz CT molecular complexity index is 1140. The number of carbonyl (C=O) groups excluding carboxylic acids is 1. The maximum Gasteiger partial charge on any atom is 0.343 e. The van der Waals surface area contributed by atoms with E-state index in [0.717, 1.165) is 25.7 Å². The van der Waals surface area contributed by atoms with E-state index in [2.05, 4.69) is 4.98 Å². The van der Waals surface area contributed by atoms with Crippen molar-refractivity contribution in [2.75, 3.05) is 7.11 Å². The lowest BCUT2D eigenvalue weighted by Gasteiger charge is -2.18. The number of carbonyl (C=O) groups is 1. The van der Waals surface area contributed by atoms with Crippen molar-refractivity contribution in [3.63, 3.8) is 0 Å². The molecule has 7 heteroatoms. The summed E-state index contributed by atoms with van der Waals surface area (Å²) < 4.78 is 17.5. The fraction of sp³-hybridized carbons (Fsp3) is 0.231. The van der Waals surface area contributed by atoms with Crippen molar-refractivity contribution >= 4 is 41.0 Å². The van der Waals surface area contributed by atoms with Crippen LogP contribution in [0.1, 0.15) is 47.2 Å². The first kappa shape index (κ1) is 23.1. The van der Waals surface area contributed by atoms with Gasteiger partial charge in [-0.3, -0.25) is 0 Å². The Balaban J connectivity index is 1.73. The average Bonchev–Trinajstić information content (AvgIpc) is 3.31. The number of rotatable bonds is 7. The Hall–Kier alpha value is -3.02. The summed E-state index contributed by atoms with van der Waals surface area (Å²) >= 11 is 12.1. The molecule has 1 aliphatic carbocycles. The molecule has 2 aromatic carbocycles. The second kappa shape index (κ2) is 10.7. The molecule has 33 heavy (non-hydrogen) atoms. The quantitative estimate of drug-likeness (QED) is 0.204. The van der Waals surface area contributed by atoms with Crippen LogP contribution in [0.2, 0.25) is 10.3 Å². The number of methoxy groups -OCH3 is 1. The summed E-state index contributed by atoms with van der Waals surface area (Å²) in [5.41, 5.74) is 1.73. The molecular weight excluding hydrogens is 461 g/mol. The normalized spacial score (nSPS) is 14.2. The van der Waals surface area contributed by atoms with E-state index in [-0.39, 0.29) is 16.4 Å². The third-order valence-corrected chi connectivity index (χ3v) is 5.73. The lowest BCUT2D eigenvalue weighted by atomic mass is 10.1. The molecule has 0 aliphatic heterocycles. The molecule has 0 unspecified atom stereocenters. The van der Waals surface area contributed by atoms with Gasteiger partial charge in [-0.05, 0) is 79.8 Å². The monoisotopic (exact) mass is 483 g/mol. The minimum absolute atomic E-state index is 0.145. The first-order chi connectivity index (χ1) is 16.0. The SMILES string of the molecule is COc1ccc(C(=Cc2cc(Cl)nc(Cl)c2)OC(=O)c2ccccc2)cc1OC1CCCC1. The molecule has 0 saturated heterocycles. The minimum Gasteiger partial charge on any atom is -0.493 e. The Morgan fingerprint density at radius 3 is 2.30 bits per heavy atom. The van der Waals surface area contributed by atoms with Gasteiger partial charge in [0.25, 0.3) is 0 Å². The van der Waals surface area contributed by atoms with Gasteiger partial charge in [0.15, 0.2) is 11.5 Å². The standard InChI is InChI=1S/C26H23Cl2NO4/c1-31-21-12-11-19(16-23(21)32-20-9-5-6-10-20)22(13-17-14-24(27)29-25(28)15-17)33-26(30)18-7-3-2-4-8-18/h2-4,7-8,11-16,20H,5-6,9-10H2,1H3. The van der Waals surface area contributed by atoms with E-state index in [1.807, 2.05) is 18.2 Å². The van der Waals surface area contributed by atoms with E-state index < -0.39 is 5.97 Å². The van der Waals surface area contributed by atoms with Gasteiger partial charge in [-0.1, -0.05) is 41.4 Å². The lowest BCUT2D eigenvalue weighted by molar-refractivity contribution is 0.0693. The van der Waals surface area contributed by atoms with Crippen molar-refractivity contribution in [3.05, 3.63) is 87.7 Å². The largest absolute Gasteiger partial charge is 0.493 e. The third-order valence-electron chi connectivity index (χ3n) is 5.34. The van der Waals surface area contributed by atoms with Crippen molar-refractivity contribution in [2.45, 2.75) is 31.8 Å². The first-order valence-corrected chi connectivity index (χ1v) is 11.4. The fourth-order valence-corrected chi connectivity index (χ4v) is 4.21. The van der Waals surface area contributed by atoms with Crippen LogP contribution in [-0.2, 0) is 4.74 Å².